The number of hydrogen-bond acceptors (Lipinski definition) is 2. The van der Waals surface area contributed by atoms with Crippen LogP contribution in [0.1, 0.15) is 48.1 Å². The fraction of sp³-hybridized carbons (Fsp3) is 0.267. The first-order chi connectivity index (χ1) is 16.1. The molecule has 7 rings (SSSR count). The van der Waals surface area contributed by atoms with Crippen molar-refractivity contribution >= 4 is 22.1 Å². The molecule has 2 aliphatic rings. The third kappa shape index (κ3) is 2.45. The molecule has 1 saturated carbocycles. The van der Waals surface area contributed by atoms with Gasteiger partial charge >= 0.3 is 0 Å². The third-order valence-electron chi connectivity index (χ3n) is 8.02. The van der Waals surface area contributed by atoms with Crippen LogP contribution in [0.4, 0.5) is 0 Å². The number of hydrogen-bond donors (Lipinski definition) is 0. The number of fused-ring (bicyclic) bond motifs is 8. The molecule has 3 aromatic heterocycles. The summed E-state index contributed by atoms with van der Waals surface area (Å²) < 4.78 is 8.80. The molecule has 0 aliphatic heterocycles. The van der Waals surface area contributed by atoms with Gasteiger partial charge in [-0.1, -0.05) is 49.2 Å². The molecular formula is C30H27N2O+. The van der Waals surface area contributed by atoms with Crippen molar-refractivity contribution < 1.29 is 8.98 Å². The monoisotopic (exact) mass is 431 g/mol. The Labute approximate surface area is 193 Å². The zero-order valence-corrected chi connectivity index (χ0v) is 19.4. The lowest BCUT2D eigenvalue weighted by molar-refractivity contribution is -0.660. The average molecular weight is 432 g/mol. The standard InChI is InChI=1S/C30H27N2O/c1-18-10-13-25(32(3)17-18)26-19(2)11-12-21-23-16-22-20-8-4-5-9-24(20)30(14-6-7-15-30)28(22)31-29(23)33-27(21)26/h4-5,8-13,16-17H,6-7,14-15H2,1-3H3/q+1. The summed E-state index contributed by atoms with van der Waals surface area (Å²) >= 11 is 0. The summed E-state index contributed by atoms with van der Waals surface area (Å²) in [7, 11) is 2.11. The number of aromatic nitrogens is 2. The molecule has 2 aliphatic carbocycles. The summed E-state index contributed by atoms with van der Waals surface area (Å²) in [5.74, 6) is 0. The van der Waals surface area contributed by atoms with Crippen LogP contribution >= 0.6 is 0 Å². The van der Waals surface area contributed by atoms with Gasteiger partial charge in [0.15, 0.2) is 11.8 Å². The van der Waals surface area contributed by atoms with E-state index in [9.17, 15) is 0 Å². The minimum Gasteiger partial charge on any atom is -0.437 e. The summed E-state index contributed by atoms with van der Waals surface area (Å²) in [6.07, 6.45) is 7.06. The van der Waals surface area contributed by atoms with Gasteiger partial charge in [-0.15, -0.1) is 0 Å². The fourth-order valence-corrected chi connectivity index (χ4v) is 6.50. The highest BCUT2D eigenvalue weighted by Gasteiger charge is 2.46. The number of pyridine rings is 2. The summed E-state index contributed by atoms with van der Waals surface area (Å²) in [6.45, 7) is 4.29. The maximum Gasteiger partial charge on any atom is 0.227 e. The molecule has 3 heterocycles. The molecule has 2 aromatic carbocycles. The molecule has 1 fully saturated rings. The van der Waals surface area contributed by atoms with Gasteiger partial charge < -0.3 is 4.42 Å². The normalized spacial score (nSPS) is 16.1. The Morgan fingerprint density at radius 1 is 0.909 bits per heavy atom. The summed E-state index contributed by atoms with van der Waals surface area (Å²) in [5.41, 5.74) is 11.9. The lowest BCUT2D eigenvalue weighted by atomic mass is 9.79. The van der Waals surface area contributed by atoms with E-state index in [4.69, 9.17) is 9.40 Å². The van der Waals surface area contributed by atoms with Gasteiger partial charge in [0.25, 0.3) is 0 Å². The van der Waals surface area contributed by atoms with Crippen molar-refractivity contribution in [3.8, 4) is 22.4 Å². The molecule has 0 saturated heterocycles. The molecule has 0 amide bonds. The van der Waals surface area contributed by atoms with E-state index >= 15 is 0 Å². The molecule has 33 heavy (non-hydrogen) atoms. The van der Waals surface area contributed by atoms with Crippen LogP contribution in [-0.2, 0) is 12.5 Å². The molecule has 0 unspecified atom stereocenters. The van der Waals surface area contributed by atoms with Gasteiger partial charge in [0, 0.05) is 33.4 Å². The predicted octanol–water partition coefficient (Wildman–Crippen LogP) is 6.93. The van der Waals surface area contributed by atoms with E-state index in [1.807, 2.05) is 0 Å². The second kappa shape index (κ2) is 6.54. The molecular weight excluding hydrogens is 404 g/mol. The molecule has 0 radical (unpaired) electrons. The van der Waals surface area contributed by atoms with E-state index in [2.05, 4.69) is 86.3 Å². The summed E-state index contributed by atoms with van der Waals surface area (Å²) in [5, 5.41) is 2.26. The second-order valence-corrected chi connectivity index (χ2v) is 10.0. The lowest BCUT2D eigenvalue weighted by Gasteiger charge is -2.24. The summed E-state index contributed by atoms with van der Waals surface area (Å²) in [4.78, 5) is 5.27. The zero-order chi connectivity index (χ0) is 22.3. The zero-order valence-electron chi connectivity index (χ0n) is 19.4. The maximum atomic E-state index is 6.61. The molecule has 1 spiro atoms. The molecule has 162 valence electrons. The second-order valence-electron chi connectivity index (χ2n) is 10.0. The van der Waals surface area contributed by atoms with Crippen molar-refractivity contribution in [3.63, 3.8) is 0 Å². The molecule has 0 atom stereocenters. The van der Waals surface area contributed by atoms with Gasteiger partial charge in [-0.3, -0.25) is 0 Å². The first kappa shape index (κ1) is 19.0. The Morgan fingerprint density at radius 2 is 1.73 bits per heavy atom. The molecule has 3 heteroatoms. The molecule has 0 bridgehead atoms. The third-order valence-corrected chi connectivity index (χ3v) is 8.02. The Bertz CT molecular complexity index is 1600. The van der Waals surface area contributed by atoms with Crippen LogP contribution in [0.5, 0.6) is 0 Å². The van der Waals surface area contributed by atoms with Crippen LogP contribution in [0.25, 0.3) is 44.5 Å². The Kier molecular flexibility index (Phi) is 3.77. The fourth-order valence-electron chi connectivity index (χ4n) is 6.50. The molecule has 5 aromatic rings. The van der Waals surface area contributed by atoms with Crippen LogP contribution in [0.2, 0.25) is 0 Å². The number of nitrogens with zero attached hydrogens (tertiary/aromatic N) is 2. The van der Waals surface area contributed by atoms with Crippen molar-refractivity contribution in [1.82, 2.24) is 4.98 Å². The van der Waals surface area contributed by atoms with Crippen LogP contribution in [0.15, 0.2) is 65.2 Å². The van der Waals surface area contributed by atoms with Crippen molar-refractivity contribution in [2.45, 2.75) is 44.9 Å². The molecule has 3 nitrogen and oxygen atoms in total. The van der Waals surface area contributed by atoms with Gasteiger partial charge in [-0.2, -0.15) is 0 Å². The minimum absolute atomic E-state index is 0.0568. The number of aryl methyl sites for hydroxylation is 3. The first-order valence-corrected chi connectivity index (χ1v) is 12.0. The van der Waals surface area contributed by atoms with Gasteiger partial charge in [-0.05, 0) is 55.5 Å². The van der Waals surface area contributed by atoms with E-state index in [0.29, 0.717) is 0 Å². The minimum atomic E-state index is 0.0568. The van der Waals surface area contributed by atoms with Gasteiger partial charge in [0.2, 0.25) is 11.4 Å². The quantitative estimate of drug-likeness (QED) is 0.269. The van der Waals surface area contributed by atoms with Crippen LogP contribution in [0.3, 0.4) is 0 Å². The van der Waals surface area contributed by atoms with Gasteiger partial charge in [-0.25, -0.2) is 9.55 Å². The highest BCUT2D eigenvalue weighted by molar-refractivity contribution is 6.10. The highest BCUT2D eigenvalue weighted by Crippen LogP contribution is 2.56. The highest BCUT2D eigenvalue weighted by atomic mass is 16.3. The van der Waals surface area contributed by atoms with Crippen LogP contribution in [-0.4, -0.2) is 4.98 Å². The maximum absolute atomic E-state index is 6.61. The average Bonchev–Trinajstić information content (AvgIpc) is 3.50. The van der Waals surface area contributed by atoms with E-state index < -0.39 is 0 Å². The van der Waals surface area contributed by atoms with E-state index in [0.717, 1.165) is 33.3 Å². The Morgan fingerprint density at radius 3 is 2.55 bits per heavy atom. The predicted molar refractivity (Wildman–Crippen MR) is 132 cm³/mol. The van der Waals surface area contributed by atoms with E-state index in [1.54, 1.807) is 0 Å². The Hall–Kier alpha value is -3.46. The van der Waals surface area contributed by atoms with Crippen LogP contribution in [0, 0.1) is 13.8 Å². The lowest BCUT2D eigenvalue weighted by Crippen LogP contribution is -2.31. The number of benzene rings is 2. The summed E-state index contributed by atoms with van der Waals surface area (Å²) in [6, 6.07) is 20.1. The van der Waals surface area contributed by atoms with E-state index in [-0.39, 0.29) is 5.41 Å². The van der Waals surface area contributed by atoms with Gasteiger partial charge in [0.1, 0.15) is 7.05 Å². The van der Waals surface area contributed by atoms with Crippen molar-refractivity contribution in [1.29, 1.82) is 0 Å². The van der Waals surface area contributed by atoms with Crippen molar-refractivity contribution in [2.24, 2.45) is 7.05 Å². The SMILES string of the molecule is Cc1ccc(-c2c(C)ccc3c2oc2nc4c(cc23)-c2ccccc2C42CCCC2)[n+](C)c1. The van der Waals surface area contributed by atoms with Gasteiger partial charge in [0.05, 0.1) is 11.3 Å². The smallest absolute Gasteiger partial charge is 0.227 e. The number of rotatable bonds is 1. The van der Waals surface area contributed by atoms with Crippen molar-refractivity contribution in [3.05, 3.63) is 83.2 Å². The first-order valence-electron chi connectivity index (χ1n) is 12.0. The Balaban J connectivity index is 1.55. The number of furan rings is 1. The van der Waals surface area contributed by atoms with E-state index in [1.165, 1.54) is 59.2 Å². The topological polar surface area (TPSA) is 29.9 Å². The van der Waals surface area contributed by atoms with Crippen molar-refractivity contribution in [2.75, 3.05) is 0 Å². The molecule has 0 N–H and O–H groups in total. The largest absolute Gasteiger partial charge is 0.437 e. The van der Waals surface area contributed by atoms with Crippen LogP contribution < -0.4 is 4.57 Å².